The number of thiazole rings is 1. The van der Waals surface area contributed by atoms with Crippen LogP contribution in [-0.4, -0.2) is 60.1 Å². The molecule has 1 N–H and O–H groups in total. The molecule has 2 fully saturated rings. The minimum absolute atomic E-state index is 0.0242. The zero-order valence-electron chi connectivity index (χ0n) is 18.8. The van der Waals surface area contributed by atoms with E-state index in [1.54, 1.807) is 11.6 Å². The lowest BCUT2D eigenvalue weighted by atomic mass is 9.84. The predicted octanol–water partition coefficient (Wildman–Crippen LogP) is 4.91. The van der Waals surface area contributed by atoms with Crippen molar-refractivity contribution in [2.45, 2.75) is 49.5 Å². The van der Waals surface area contributed by atoms with Crippen LogP contribution in [0.2, 0.25) is 15.1 Å². The van der Waals surface area contributed by atoms with Gasteiger partial charge in [0.25, 0.3) is 0 Å². The van der Waals surface area contributed by atoms with Crippen LogP contribution >= 0.6 is 46.1 Å². The van der Waals surface area contributed by atoms with Crippen molar-refractivity contribution >= 4 is 73.1 Å². The number of hydrogen-bond donors (Lipinski definition) is 1. The summed E-state index contributed by atoms with van der Waals surface area (Å²) in [4.78, 5) is 31.9. The van der Waals surface area contributed by atoms with Crippen LogP contribution in [0.15, 0.2) is 28.6 Å². The second-order valence-electron chi connectivity index (χ2n) is 8.70. The van der Waals surface area contributed by atoms with E-state index in [2.05, 4.69) is 10.3 Å². The topological polar surface area (TPSA) is 99.7 Å². The Morgan fingerprint density at radius 1 is 1.11 bits per heavy atom. The van der Waals surface area contributed by atoms with Gasteiger partial charge >= 0.3 is 0 Å². The Morgan fingerprint density at radius 2 is 1.83 bits per heavy atom. The summed E-state index contributed by atoms with van der Waals surface area (Å²) in [5.41, 5.74) is 0. The van der Waals surface area contributed by atoms with Crippen molar-refractivity contribution in [3.63, 3.8) is 0 Å². The lowest BCUT2D eigenvalue weighted by Crippen LogP contribution is -2.58. The van der Waals surface area contributed by atoms with Gasteiger partial charge in [0.1, 0.15) is 10.9 Å². The van der Waals surface area contributed by atoms with Gasteiger partial charge in [-0.15, -0.1) is 11.3 Å². The number of benzene rings is 1. The molecule has 13 heteroatoms. The molecule has 1 atom stereocenters. The number of piperazine rings is 1. The van der Waals surface area contributed by atoms with Crippen LogP contribution in [0.4, 0.5) is 5.13 Å². The summed E-state index contributed by atoms with van der Waals surface area (Å²) in [6, 6.07) is 1.75. The number of nitrogens with one attached hydrogen (secondary N) is 1. The fourth-order valence-corrected chi connectivity index (χ4v) is 7.52. The lowest BCUT2D eigenvalue weighted by molar-refractivity contribution is -0.142. The highest BCUT2D eigenvalue weighted by Crippen LogP contribution is 2.34. The van der Waals surface area contributed by atoms with E-state index in [-0.39, 0.29) is 39.0 Å². The van der Waals surface area contributed by atoms with E-state index in [0.29, 0.717) is 17.5 Å². The number of aromatic nitrogens is 1. The van der Waals surface area contributed by atoms with Gasteiger partial charge in [-0.1, -0.05) is 66.9 Å². The molecule has 1 aliphatic heterocycles. The van der Waals surface area contributed by atoms with Gasteiger partial charge in [-0.25, -0.2) is 13.4 Å². The van der Waals surface area contributed by atoms with Crippen molar-refractivity contribution in [1.82, 2.24) is 14.2 Å². The number of anilines is 1. The summed E-state index contributed by atoms with van der Waals surface area (Å²) in [5.74, 6) is -0.408. The van der Waals surface area contributed by atoms with Crippen LogP contribution in [0, 0.1) is 5.92 Å². The van der Waals surface area contributed by atoms with Crippen LogP contribution in [0.25, 0.3) is 0 Å². The molecular formula is C22H25Cl3N4O4S2. The molecule has 35 heavy (non-hydrogen) atoms. The number of amides is 2. The lowest BCUT2D eigenvalue weighted by Gasteiger charge is -2.39. The zero-order chi connectivity index (χ0) is 25.2. The van der Waals surface area contributed by atoms with Crippen LogP contribution in [0.3, 0.4) is 0 Å². The molecule has 4 rings (SSSR count). The Kier molecular flexibility index (Phi) is 8.61. The Bertz CT molecular complexity index is 1190. The summed E-state index contributed by atoms with van der Waals surface area (Å²) >= 11 is 19.4. The van der Waals surface area contributed by atoms with Crippen LogP contribution in [-0.2, 0) is 19.6 Å². The number of hydrogen-bond acceptors (Lipinski definition) is 6. The molecule has 190 valence electrons. The summed E-state index contributed by atoms with van der Waals surface area (Å²) in [6.45, 7) is -0.291. The standard InChI is InChI=1S/C22H25Cl3N4O4S2/c23-15-11-17(25)19(12-16(15)24)35(32,33)28-7-8-29(20(30)13-28)18(10-14-4-2-1-3-5-14)21(31)27-22-26-6-9-34-22/h6,9,11-12,14,18H,1-5,7-8,10,13H2,(H,26,27,31). The Morgan fingerprint density at radius 3 is 2.49 bits per heavy atom. The molecule has 1 aliphatic carbocycles. The van der Waals surface area contributed by atoms with Gasteiger partial charge in [-0.3, -0.25) is 9.59 Å². The minimum Gasteiger partial charge on any atom is -0.328 e. The Labute approximate surface area is 223 Å². The molecule has 1 aromatic heterocycles. The highest BCUT2D eigenvalue weighted by molar-refractivity contribution is 7.89. The van der Waals surface area contributed by atoms with Crippen molar-refractivity contribution in [1.29, 1.82) is 0 Å². The normalized spacial score (nSPS) is 19.1. The molecule has 8 nitrogen and oxygen atoms in total. The van der Waals surface area contributed by atoms with Gasteiger partial charge in [0, 0.05) is 24.7 Å². The molecular weight excluding hydrogens is 555 g/mol. The molecule has 2 aromatic rings. The molecule has 1 aromatic carbocycles. The summed E-state index contributed by atoms with van der Waals surface area (Å²) in [6.07, 6.45) is 7.55. The van der Waals surface area contributed by atoms with Crippen molar-refractivity contribution in [3.05, 3.63) is 38.8 Å². The Balaban J connectivity index is 1.53. The average Bonchev–Trinajstić information content (AvgIpc) is 3.33. The maximum Gasteiger partial charge on any atom is 0.248 e. The first-order valence-electron chi connectivity index (χ1n) is 11.3. The molecule has 2 amide bonds. The molecule has 1 saturated heterocycles. The van der Waals surface area contributed by atoms with E-state index >= 15 is 0 Å². The highest BCUT2D eigenvalue weighted by Gasteiger charge is 2.40. The van der Waals surface area contributed by atoms with Crippen LogP contribution in [0.5, 0.6) is 0 Å². The smallest absolute Gasteiger partial charge is 0.248 e. The number of nitrogens with zero attached hydrogens (tertiary/aromatic N) is 3. The fraction of sp³-hybridized carbons (Fsp3) is 0.500. The van der Waals surface area contributed by atoms with Gasteiger partial charge in [-0.2, -0.15) is 4.31 Å². The third-order valence-corrected chi connectivity index (χ3v) is 10.2. The molecule has 1 unspecified atom stereocenters. The van der Waals surface area contributed by atoms with Crippen LogP contribution < -0.4 is 5.32 Å². The monoisotopic (exact) mass is 578 g/mol. The molecule has 0 bridgehead atoms. The largest absolute Gasteiger partial charge is 0.328 e. The first-order chi connectivity index (χ1) is 16.7. The van der Waals surface area contributed by atoms with Crippen molar-refractivity contribution in [2.75, 3.05) is 25.0 Å². The van der Waals surface area contributed by atoms with Crippen molar-refractivity contribution in [3.8, 4) is 0 Å². The molecule has 1 saturated carbocycles. The van der Waals surface area contributed by atoms with E-state index < -0.39 is 28.5 Å². The van der Waals surface area contributed by atoms with Crippen molar-refractivity contribution < 1.29 is 18.0 Å². The third-order valence-electron chi connectivity index (χ3n) is 6.44. The third kappa shape index (κ3) is 6.11. The van der Waals surface area contributed by atoms with E-state index in [9.17, 15) is 18.0 Å². The Hall–Kier alpha value is -1.43. The SMILES string of the molecule is O=C(Nc1nccs1)C(CC1CCCCC1)N1CCN(S(=O)(=O)c2cc(Cl)c(Cl)cc2Cl)CC1=O. The maximum absolute atomic E-state index is 13.2. The average molecular weight is 580 g/mol. The second-order valence-corrected chi connectivity index (χ2v) is 12.7. The number of rotatable bonds is 7. The fourth-order valence-electron chi connectivity index (χ4n) is 4.63. The number of halogens is 3. The number of carbonyl (C=O) groups is 2. The number of sulfonamides is 1. The molecule has 0 radical (unpaired) electrons. The highest BCUT2D eigenvalue weighted by atomic mass is 35.5. The van der Waals surface area contributed by atoms with Gasteiger partial charge < -0.3 is 10.2 Å². The number of carbonyl (C=O) groups excluding carboxylic acids is 2. The van der Waals surface area contributed by atoms with Gasteiger partial charge in [0.2, 0.25) is 21.8 Å². The second kappa shape index (κ2) is 11.3. The summed E-state index contributed by atoms with van der Waals surface area (Å²) in [5, 5.41) is 5.14. The van der Waals surface area contributed by atoms with E-state index in [1.807, 2.05) is 0 Å². The first-order valence-corrected chi connectivity index (χ1v) is 14.8. The predicted molar refractivity (Wildman–Crippen MR) is 138 cm³/mol. The van der Waals surface area contributed by atoms with Gasteiger partial charge in [0.05, 0.1) is 21.6 Å². The molecule has 2 heterocycles. The van der Waals surface area contributed by atoms with E-state index in [0.717, 1.165) is 30.0 Å². The quantitative estimate of drug-likeness (QED) is 0.470. The zero-order valence-corrected chi connectivity index (χ0v) is 22.7. The van der Waals surface area contributed by atoms with Gasteiger partial charge in [-0.05, 0) is 24.5 Å². The molecule has 2 aliphatic rings. The summed E-state index contributed by atoms with van der Waals surface area (Å²) < 4.78 is 27.5. The van der Waals surface area contributed by atoms with Gasteiger partial charge in [0.15, 0.2) is 5.13 Å². The van der Waals surface area contributed by atoms with E-state index in [1.165, 1.54) is 34.8 Å². The maximum atomic E-state index is 13.2. The van der Waals surface area contributed by atoms with E-state index in [4.69, 9.17) is 34.8 Å². The minimum atomic E-state index is -4.10. The van der Waals surface area contributed by atoms with Crippen molar-refractivity contribution in [2.24, 2.45) is 5.92 Å². The molecule has 0 spiro atoms. The van der Waals surface area contributed by atoms with Crippen LogP contribution in [0.1, 0.15) is 38.5 Å². The first kappa shape index (κ1) is 26.6. The summed E-state index contributed by atoms with van der Waals surface area (Å²) in [7, 11) is -4.10.